The molecule has 1 rings (SSSR count). The van der Waals surface area contributed by atoms with Crippen LogP contribution in [0.4, 0.5) is 13.2 Å². The van der Waals surface area contributed by atoms with E-state index in [2.05, 4.69) is 11.9 Å². The Kier molecular flexibility index (Phi) is 8.67. The van der Waals surface area contributed by atoms with Crippen LogP contribution >= 0.6 is 0 Å². The SMILES string of the molecule is C=CCN(CC(F)(F)F)C(=O)CCCNC(=O)c1ccccc1OCC. The molecule has 0 aromatic heterocycles. The molecule has 5 nitrogen and oxygen atoms in total. The number of hydrogen-bond acceptors (Lipinski definition) is 3. The summed E-state index contributed by atoms with van der Waals surface area (Å²) < 4.78 is 42.8. The fraction of sp³-hybridized carbons (Fsp3) is 0.444. The van der Waals surface area contributed by atoms with Gasteiger partial charge < -0.3 is 15.0 Å². The van der Waals surface area contributed by atoms with Gasteiger partial charge >= 0.3 is 6.18 Å². The first-order valence-electron chi connectivity index (χ1n) is 8.24. The summed E-state index contributed by atoms with van der Waals surface area (Å²) in [6.45, 7) is 4.25. The summed E-state index contributed by atoms with van der Waals surface area (Å²) in [5, 5.41) is 2.64. The molecule has 1 N–H and O–H groups in total. The quantitative estimate of drug-likeness (QED) is 0.507. The van der Waals surface area contributed by atoms with Crippen molar-refractivity contribution in [1.82, 2.24) is 10.2 Å². The first-order valence-corrected chi connectivity index (χ1v) is 8.24. The zero-order valence-electron chi connectivity index (χ0n) is 14.6. The number of nitrogens with zero attached hydrogens (tertiary/aromatic N) is 1. The lowest BCUT2D eigenvalue weighted by molar-refractivity contribution is -0.160. The molecule has 1 aromatic carbocycles. The van der Waals surface area contributed by atoms with Gasteiger partial charge in [0.25, 0.3) is 5.91 Å². The van der Waals surface area contributed by atoms with E-state index in [1.54, 1.807) is 31.2 Å². The molecular formula is C18H23F3N2O3. The van der Waals surface area contributed by atoms with Gasteiger partial charge in [0.05, 0.1) is 12.2 Å². The molecule has 0 aliphatic heterocycles. The van der Waals surface area contributed by atoms with Crippen LogP contribution in [0.1, 0.15) is 30.1 Å². The topological polar surface area (TPSA) is 58.6 Å². The van der Waals surface area contributed by atoms with Crippen molar-refractivity contribution in [3.63, 3.8) is 0 Å². The maximum absolute atomic E-state index is 12.5. The van der Waals surface area contributed by atoms with E-state index in [9.17, 15) is 22.8 Å². The maximum Gasteiger partial charge on any atom is 0.406 e. The van der Waals surface area contributed by atoms with Crippen molar-refractivity contribution >= 4 is 11.8 Å². The molecule has 0 spiro atoms. The molecule has 144 valence electrons. The minimum Gasteiger partial charge on any atom is -0.493 e. The number of amides is 2. The summed E-state index contributed by atoms with van der Waals surface area (Å²) in [4.78, 5) is 24.8. The lowest BCUT2D eigenvalue weighted by Crippen LogP contribution is -2.39. The van der Waals surface area contributed by atoms with Gasteiger partial charge in [-0.15, -0.1) is 6.58 Å². The summed E-state index contributed by atoms with van der Waals surface area (Å²) in [7, 11) is 0. The third kappa shape index (κ3) is 7.58. The van der Waals surface area contributed by atoms with Crippen LogP contribution in [0.5, 0.6) is 5.75 Å². The average Bonchev–Trinajstić information content (AvgIpc) is 2.57. The Hall–Kier alpha value is -2.51. The number of ether oxygens (including phenoxy) is 1. The molecule has 0 unspecified atom stereocenters. The van der Waals surface area contributed by atoms with Crippen molar-refractivity contribution in [3.05, 3.63) is 42.5 Å². The van der Waals surface area contributed by atoms with Crippen LogP contribution in [-0.4, -0.2) is 49.1 Å². The molecule has 0 saturated carbocycles. The average molecular weight is 372 g/mol. The van der Waals surface area contributed by atoms with Gasteiger partial charge in [0, 0.05) is 19.5 Å². The number of para-hydroxylation sites is 1. The summed E-state index contributed by atoms with van der Waals surface area (Å²) in [6, 6.07) is 6.73. The first-order chi connectivity index (χ1) is 12.3. The molecule has 0 radical (unpaired) electrons. The standard InChI is InChI=1S/C18H23F3N2O3/c1-3-12-23(13-18(19,20)21)16(24)10-7-11-22-17(25)14-8-5-6-9-15(14)26-4-2/h3,5-6,8-9H,1,4,7,10-13H2,2H3,(H,22,25). The second-order valence-corrected chi connectivity index (χ2v) is 5.47. The maximum atomic E-state index is 12.5. The van der Waals surface area contributed by atoms with Gasteiger partial charge in [0.1, 0.15) is 12.3 Å². The van der Waals surface area contributed by atoms with Crippen LogP contribution in [0.3, 0.4) is 0 Å². The third-order valence-corrected chi connectivity index (χ3v) is 3.36. The van der Waals surface area contributed by atoms with Crippen molar-refractivity contribution in [2.45, 2.75) is 25.9 Å². The smallest absolute Gasteiger partial charge is 0.406 e. The van der Waals surface area contributed by atoms with Crippen molar-refractivity contribution < 1.29 is 27.5 Å². The predicted molar refractivity (Wildman–Crippen MR) is 92.0 cm³/mol. The molecule has 0 atom stereocenters. The minimum atomic E-state index is -4.46. The van der Waals surface area contributed by atoms with E-state index in [4.69, 9.17) is 4.74 Å². The largest absolute Gasteiger partial charge is 0.493 e. The number of halogens is 3. The van der Waals surface area contributed by atoms with E-state index in [0.29, 0.717) is 22.8 Å². The molecular weight excluding hydrogens is 349 g/mol. The number of carbonyl (C=O) groups excluding carboxylic acids is 2. The van der Waals surface area contributed by atoms with Gasteiger partial charge in [0.2, 0.25) is 5.91 Å². The zero-order valence-corrected chi connectivity index (χ0v) is 14.6. The Morgan fingerprint density at radius 1 is 1.31 bits per heavy atom. The van der Waals surface area contributed by atoms with E-state index in [-0.39, 0.29) is 31.8 Å². The van der Waals surface area contributed by atoms with Crippen LogP contribution in [-0.2, 0) is 4.79 Å². The van der Waals surface area contributed by atoms with Crippen LogP contribution in [0.15, 0.2) is 36.9 Å². The van der Waals surface area contributed by atoms with E-state index in [1.165, 1.54) is 6.08 Å². The summed E-state index contributed by atoms with van der Waals surface area (Å²) in [5.41, 5.74) is 0.367. The zero-order chi connectivity index (χ0) is 19.6. The third-order valence-electron chi connectivity index (χ3n) is 3.36. The van der Waals surface area contributed by atoms with Crippen molar-refractivity contribution in [3.8, 4) is 5.75 Å². The summed E-state index contributed by atoms with van der Waals surface area (Å²) in [5.74, 6) is -0.545. The highest BCUT2D eigenvalue weighted by Gasteiger charge is 2.32. The van der Waals surface area contributed by atoms with Gasteiger partial charge in [-0.1, -0.05) is 18.2 Å². The molecule has 0 aliphatic rings. The van der Waals surface area contributed by atoms with Crippen molar-refractivity contribution in [2.75, 3.05) is 26.2 Å². The second kappa shape index (κ2) is 10.5. The second-order valence-electron chi connectivity index (χ2n) is 5.47. The van der Waals surface area contributed by atoms with E-state index in [1.807, 2.05) is 0 Å². The Morgan fingerprint density at radius 2 is 2.00 bits per heavy atom. The number of nitrogens with one attached hydrogen (secondary N) is 1. The van der Waals surface area contributed by atoms with Crippen LogP contribution in [0.2, 0.25) is 0 Å². The van der Waals surface area contributed by atoms with Gasteiger partial charge in [-0.2, -0.15) is 13.2 Å². The highest BCUT2D eigenvalue weighted by atomic mass is 19.4. The molecule has 0 fully saturated rings. The molecule has 26 heavy (non-hydrogen) atoms. The van der Waals surface area contributed by atoms with Crippen LogP contribution in [0.25, 0.3) is 0 Å². The van der Waals surface area contributed by atoms with E-state index >= 15 is 0 Å². The lowest BCUT2D eigenvalue weighted by Gasteiger charge is -2.22. The van der Waals surface area contributed by atoms with Crippen LogP contribution in [0, 0.1) is 0 Å². The first kappa shape index (κ1) is 21.5. The molecule has 2 amide bonds. The van der Waals surface area contributed by atoms with Crippen LogP contribution < -0.4 is 10.1 Å². The number of carbonyl (C=O) groups is 2. The predicted octanol–water partition coefficient (Wildman–Crippen LogP) is 3.17. The number of benzene rings is 1. The normalized spacial score (nSPS) is 10.9. The Bertz CT molecular complexity index is 618. The molecule has 0 aliphatic carbocycles. The van der Waals surface area contributed by atoms with Gasteiger partial charge in [-0.05, 0) is 25.5 Å². The number of hydrogen-bond donors (Lipinski definition) is 1. The Balaban J connectivity index is 2.49. The number of alkyl halides is 3. The van der Waals surface area contributed by atoms with Gasteiger partial charge in [-0.3, -0.25) is 9.59 Å². The molecule has 1 aromatic rings. The molecule has 0 heterocycles. The highest BCUT2D eigenvalue weighted by molar-refractivity contribution is 5.96. The highest BCUT2D eigenvalue weighted by Crippen LogP contribution is 2.18. The van der Waals surface area contributed by atoms with Gasteiger partial charge in [0.15, 0.2) is 0 Å². The monoisotopic (exact) mass is 372 g/mol. The fourth-order valence-electron chi connectivity index (χ4n) is 2.26. The number of rotatable bonds is 10. The fourth-order valence-corrected chi connectivity index (χ4v) is 2.26. The summed E-state index contributed by atoms with van der Waals surface area (Å²) in [6.07, 6.45) is -3.09. The van der Waals surface area contributed by atoms with E-state index < -0.39 is 18.6 Å². The Labute approximate surface area is 150 Å². The minimum absolute atomic E-state index is 0.0999. The van der Waals surface area contributed by atoms with Crippen molar-refractivity contribution in [2.24, 2.45) is 0 Å². The summed E-state index contributed by atoms with van der Waals surface area (Å²) >= 11 is 0. The molecule has 8 heteroatoms. The molecule has 0 saturated heterocycles. The van der Waals surface area contributed by atoms with E-state index in [0.717, 1.165) is 0 Å². The van der Waals surface area contributed by atoms with Gasteiger partial charge in [-0.25, -0.2) is 0 Å². The lowest BCUT2D eigenvalue weighted by atomic mass is 10.2. The Morgan fingerprint density at radius 3 is 2.62 bits per heavy atom. The molecule has 0 bridgehead atoms. The van der Waals surface area contributed by atoms with Crippen molar-refractivity contribution in [1.29, 1.82) is 0 Å².